The minimum absolute atomic E-state index is 0. The number of carbonyl (C=O) groups excluding carboxylic acids is 1. The Morgan fingerprint density at radius 3 is 2.00 bits per heavy atom. The van der Waals surface area contributed by atoms with Gasteiger partial charge in [-0.1, -0.05) is 14.4 Å². The topological polar surface area (TPSA) is 17.1 Å². The van der Waals surface area contributed by atoms with Gasteiger partial charge in [-0.3, -0.25) is 0 Å². The zero-order chi connectivity index (χ0) is 4.99. The summed E-state index contributed by atoms with van der Waals surface area (Å²) in [6, 6.07) is 0. The number of hydrogen-bond acceptors (Lipinski definition) is 1. The van der Waals surface area contributed by atoms with Gasteiger partial charge in [0.25, 0.3) is 0 Å². The van der Waals surface area contributed by atoms with E-state index in [0.29, 0.717) is 0 Å². The summed E-state index contributed by atoms with van der Waals surface area (Å²) < 4.78 is 0. The van der Waals surface area contributed by atoms with E-state index in [2.05, 4.69) is 0 Å². The molecular formula is C6H14O. The van der Waals surface area contributed by atoms with Crippen molar-refractivity contribution in [1.82, 2.24) is 0 Å². The van der Waals surface area contributed by atoms with Crippen molar-refractivity contribution in [2.45, 2.75) is 34.1 Å². The molecule has 0 saturated carbocycles. The van der Waals surface area contributed by atoms with E-state index < -0.39 is 0 Å². The van der Waals surface area contributed by atoms with Gasteiger partial charge in [0.2, 0.25) is 0 Å². The van der Waals surface area contributed by atoms with Crippen LogP contribution in [-0.2, 0) is 4.79 Å². The maximum Gasteiger partial charge on any atom is 0.129 e. The fourth-order valence-corrected chi connectivity index (χ4v) is 0.352. The highest BCUT2D eigenvalue weighted by Gasteiger charge is 1.83. The molecule has 0 saturated heterocycles. The summed E-state index contributed by atoms with van der Waals surface area (Å²) in [6.07, 6.45) is 1.72. The largest absolute Gasteiger partial charge is 0.300 e. The Morgan fingerprint density at radius 1 is 1.57 bits per heavy atom. The van der Waals surface area contributed by atoms with E-state index in [9.17, 15) is 4.79 Å². The van der Waals surface area contributed by atoms with Crippen LogP contribution in [0.4, 0.5) is 0 Å². The normalized spacial score (nSPS) is 7.14. The predicted octanol–water partition coefficient (Wildman–Crippen LogP) is 2.01. The second-order valence-corrected chi connectivity index (χ2v) is 1.45. The highest BCUT2D eigenvalue weighted by Crippen LogP contribution is 1.84. The maximum atomic E-state index is 10.0. The standard InChI is InChI=1S/C5H10O.CH4/c1-3-4-5(2)6;/h3-4H2,1-2H3;1H4. The van der Waals surface area contributed by atoms with Crippen molar-refractivity contribution in [1.29, 1.82) is 0 Å². The molecule has 1 nitrogen and oxygen atoms in total. The smallest absolute Gasteiger partial charge is 0.129 e. The van der Waals surface area contributed by atoms with E-state index in [1.807, 2.05) is 6.92 Å². The molecule has 1 heteroatoms. The zero-order valence-corrected chi connectivity index (χ0v) is 4.32. The Hall–Kier alpha value is -0.330. The Balaban J connectivity index is 0. The van der Waals surface area contributed by atoms with Gasteiger partial charge >= 0.3 is 0 Å². The number of hydrogen-bond donors (Lipinski definition) is 0. The molecule has 44 valence electrons. The average molecular weight is 102 g/mol. The van der Waals surface area contributed by atoms with Gasteiger partial charge < -0.3 is 4.79 Å². The van der Waals surface area contributed by atoms with Crippen molar-refractivity contribution in [2.75, 3.05) is 0 Å². The van der Waals surface area contributed by atoms with E-state index in [0.717, 1.165) is 12.8 Å². The molecule has 0 aromatic carbocycles. The first-order chi connectivity index (χ1) is 2.77. The molecule has 0 unspecified atom stereocenters. The number of carbonyl (C=O) groups is 1. The molecule has 7 heavy (non-hydrogen) atoms. The quantitative estimate of drug-likeness (QED) is 0.521. The van der Waals surface area contributed by atoms with Crippen molar-refractivity contribution in [3.63, 3.8) is 0 Å². The highest BCUT2D eigenvalue weighted by atomic mass is 16.1. The molecule has 0 bridgehead atoms. The molecule has 0 rings (SSSR count). The molecule has 0 aliphatic carbocycles. The van der Waals surface area contributed by atoms with E-state index in [4.69, 9.17) is 0 Å². The summed E-state index contributed by atoms with van der Waals surface area (Å²) in [5, 5.41) is 0. The van der Waals surface area contributed by atoms with Crippen LogP contribution in [-0.4, -0.2) is 5.78 Å². The first kappa shape index (κ1) is 9.83. The van der Waals surface area contributed by atoms with Gasteiger partial charge in [-0.05, 0) is 13.3 Å². The van der Waals surface area contributed by atoms with Gasteiger partial charge in [0.1, 0.15) is 5.78 Å². The van der Waals surface area contributed by atoms with Gasteiger partial charge in [0, 0.05) is 6.42 Å². The predicted molar refractivity (Wildman–Crippen MR) is 32.3 cm³/mol. The minimum Gasteiger partial charge on any atom is -0.300 e. The Bertz CT molecular complexity index is 48.1. The summed E-state index contributed by atoms with van der Waals surface area (Å²) in [7, 11) is 0. The molecule has 0 atom stereocenters. The first-order valence-electron chi connectivity index (χ1n) is 2.26. The third kappa shape index (κ3) is 10.7. The van der Waals surface area contributed by atoms with Crippen LogP contribution in [0.1, 0.15) is 34.1 Å². The molecule has 0 amide bonds. The molecule has 0 heterocycles. The van der Waals surface area contributed by atoms with Crippen molar-refractivity contribution in [3.05, 3.63) is 0 Å². The van der Waals surface area contributed by atoms with Crippen LogP contribution < -0.4 is 0 Å². The van der Waals surface area contributed by atoms with Gasteiger partial charge in [-0.15, -0.1) is 0 Å². The zero-order valence-electron chi connectivity index (χ0n) is 4.32. The van der Waals surface area contributed by atoms with Crippen LogP contribution >= 0.6 is 0 Å². The summed E-state index contributed by atoms with van der Waals surface area (Å²) in [5.74, 6) is 0.289. The van der Waals surface area contributed by atoms with Crippen LogP contribution in [0.5, 0.6) is 0 Å². The molecule has 0 aromatic rings. The van der Waals surface area contributed by atoms with Crippen molar-refractivity contribution in [3.8, 4) is 0 Å². The summed E-state index contributed by atoms with van der Waals surface area (Å²) in [5.41, 5.74) is 0. The van der Waals surface area contributed by atoms with Crippen LogP contribution in [0.3, 0.4) is 0 Å². The van der Waals surface area contributed by atoms with E-state index in [-0.39, 0.29) is 13.2 Å². The second kappa shape index (κ2) is 5.67. The van der Waals surface area contributed by atoms with Gasteiger partial charge in [0.05, 0.1) is 0 Å². The maximum absolute atomic E-state index is 10.0. The molecular weight excluding hydrogens is 88.1 g/mol. The third-order valence-corrected chi connectivity index (χ3v) is 0.602. The monoisotopic (exact) mass is 102 g/mol. The highest BCUT2D eigenvalue weighted by molar-refractivity contribution is 5.75. The van der Waals surface area contributed by atoms with Crippen LogP contribution in [0.2, 0.25) is 0 Å². The first-order valence-corrected chi connectivity index (χ1v) is 2.26. The summed E-state index contributed by atoms with van der Waals surface area (Å²) in [6.45, 7) is 3.62. The van der Waals surface area contributed by atoms with Gasteiger partial charge in [-0.2, -0.15) is 0 Å². The number of ketones is 1. The van der Waals surface area contributed by atoms with E-state index in [1.165, 1.54) is 0 Å². The van der Waals surface area contributed by atoms with Crippen molar-refractivity contribution in [2.24, 2.45) is 0 Å². The number of rotatable bonds is 2. The van der Waals surface area contributed by atoms with Crippen molar-refractivity contribution < 1.29 is 4.79 Å². The molecule has 0 radical (unpaired) electrons. The lowest BCUT2D eigenvalue weighted by molar-refractivity contribution is -0.117. The van der Waals surface area contributed by atoms with E-state index >= 15 is 0 Å². The molecule has 0 fully saturated rings. The molecule has 0 aromatic heterocycles. The molecule has 0 aliphatic rings. The Morgan fingerprint density at radius 2 is 2.00 bits per heavy atom. The molecule has 0 N–H and O–H groups in total. The lowest BCUT2D eigenvalue weighted by atomic mass is 10.3. The van der Waals surface area contributed by atoms with Crippen LogP contribution in [0.15, 0.2) is 0 Å². The third-order valence-electron chi connectivity index (χ3n) is 0.602. The van der Waals surface area contributed by atoms with Crippen molar-refractivity contribution >= 4 is 5.78 Å². The second-order valence-electron chi connectivity index (χ2n) is 1.45. The Labute approximate surface area is 45.7 Å². The van der Waals surface area contributed by atoms with Crippen LogP contribution in [0, 0.1) is 0 Å². The summed E-state index contributed by atoms with van der Waals surface area (Å²) >= 11 is 0. The fourth-order valence-electron chi connectivity index (χ4n) is 0.352. The molecule has 0 aliphatic heterocycles. The van der Waals surface area contributed by atoms with Crippen LogP contribution in [0.25, 0.3) is 0 Å². The lowest BCUT2D eigenvalue weighted by Gasteiger charge is -1.80. The van der Waals surface area contributed by atoms with E-state index in [1.54, 1.807) is 6.92 Å². The molecule has 0 spiro atoms. The minimum atomic E-state index is 0. The SMILES string of the molecule is C.CCCC(C)=O. The number of Topliss-reactive ketones (excluding diaryl/α,β-unsaturated/α-hetero) is 1. The summed E-state index contributed by atoms with van der Waals surface area (Å²) in [4.78, 5) is 10.0. The average Bonchev–Trinajstić information content (AvgIpc) is 1.35. The van der Waals surface area contributed by atoms with Gasteiger partial charge in [0.15, 0.2) is 0 Å². The lowest BCUT2D eigenvalue weighted by Crippen LogP contribution is -1.84. The van der Waals surface area contributed by atoms with Gasteiger partial charge in [-0.25, -0.2) is 0 Å². The Kier molecular flexibility index (Phi) is 7.96. The fraction of sp³-hybridized carbons (Fsp3) is 0.833.